The van der Waals surface area contributed by atoms with Crippen LogP contribution in [0.1, 0.15) is 56.0 Å². The van der Waals surface area contributed by atoms with Crippen molar-refractivity contribution in [1.29, 1.82) is 0 Å². The van der Waals surface area contributed by atoms with Crippen LogP contribution in [0, 0.1) is 0 Å². The topological polar surface area (TPSA) is 112 Å². The summed E-state index contributed by atoms with van der Waals surface area (Å²) < 4.78 is 34.7. The summed E-state index contributed by atoms with van der Waals surface area (Å²) in [4.78, 5) is 20.3. The molecule has 2 N–H and O–H groups in total. The maximum absolute atomic E-state index is 13.7. The second-order valence-corrected chi connectivity index (χ2v) is 13.2. The molecule has 1 spiro atoms. The van der Waals surface area contributed by atoms with Crippen LogP contribution in [0.4, 0.5) is 0 Å². The summed E-state index contributed by atoms with van der Waals surface area (Å²) in [5, 5.41) is 16.6. The second-order valence-electron chi connectivity index (χ2n) is 10.4. The fourth-order valence-electron chi connectivity index (χ4n) is 5.42. The summed E-state index contributed by atoms with van der Waals surface area (Å²) in [6.07, 6.45) is 3.03. The van der Waals surface area contributed by atoms with Gasteiger partial charge in [-0.25, -0.2) is 13.4 Å². The maximum Gasteiger partial charge on any atom is 0.247 e. The van der Waals surface area contributed by atoms with E-state index in [0.717, 1.165) is 47.4 Å². The first-order chi connectivity index (χ1) is 17.2. The lowest BCUT2D eigenvalue weighted by Crippen LogP contribution is -2.59. The van der Waals surface area contributed by atoms with Gasteiger partial charge in [0.1, 0.15) is 21.7 Å². The molecule has 2 aromatic rings. The molecular formula is C25H34N4O5S2. The molecule has 0 saturated carbocycles. The zero-order valence-corrected chi connectivity index (χ0v) is 22.4. The predicted molar refractivity (Wildman–Crippen MR) is 136 cm³/mol. The molecule has 9 nitrogen and oxygen atoms in total. The van der Waals surface area contributed by atoms with Crippen molar-refractivity contribution in [2.45, 2.75) is 74.6 Å². The number of carbonyl (C=O) groups excluding carboxylic acids is 1. The van der Waals surface area contributed by atoms with Crippen LogP contribution >= 0.6 is 11.3 Å². The lowest BCUT2D eigenvalue weighted by atomic mass is 9.84. The molecule has 0 aliphatic carbocycles. The molecule has 0 bridgehead atoms. The van der Waals surface area contributed by atoms with Gasteiger partial charge in [-0.2, -0.15) is 4.31 Å². The van der Waals surface area contributed by atoms with E-state index in [4.69, 9.17) is 4.74 Å². The fourth-order valence-corrected chi connectivity index (χ4v) is 7.83. The molecule has 1 aromatic heterocycles. The molecule has 0 radical (unpaired) electrons. The van der Waals surface area contributed by atoms with Crippen molar-refractivity contribution in [1.82, 2.24) is 19.5 Å². The van der Waals surface area contributed by atoms with E-state index in [1.165, 1.54) is 0 Å². The highest BCUT2D eigenvalue weighted by molar-refractivity contribution is 7.89. The van der Waals surface area contributed by atoms with E-state index in [0.29, 0.717) is 18.8 Å². The van der Waals surface area contributed by atoms with E-state index in [-0.39, 0.29) is 29.7 Å². The van der Waals surface area contributed by atoms with Crippen molar-refractivity contribution < 1.29 is 23.1 Å². The number of nitrogens with one attached hydrogen (secondary N) is 1. The van der Waals surface area contributed by atoms with E-state index in [2.05, 4.69) is 15.2 Å². The molecule has 196 valence electrons. The van der Waals surface area contributed by atoms with Crippen molar-refractivity contribution in [3.05, 3.63) is 40.3 Å². The highest BCUT2D eigenvalue weighted by Gasteiger charge is 2.47. The number of carbonyl (C=O) groups is 1. The average Bonchev–Trinajstić information content (AvgIpc) is 3.50. The molecule has 2 saturated heterocycles. The van der Waals surface area contributed by atoms with Crippen molar-refractivity contribution in [3.63, 3.8) is 0 Å². The first-order valence-corrected chi connectivity index (χ1v) is 14.9. The van der Waals surface area contributed by atoms with Gasteiger partial charge in [0.05, 0.1) is 19.3 Å². The molecule has 4 heterocycles. The number of nitrogens with zero attached hydrogens (tertiary/aromatic N) is 3. The van der Waals surface area contributed by atoms with Crippen LogP contribution in [0.5, 0.6) is 5.75 Å². The van der Waals surface area contributed by atoms with Crippen LogP contribution in [0.25, 0.3) is 0 Å². The number of aliphatic hydroxyl groups is 1. The maximum atomic E-state index is 13.7. The smallest absolute Gasteiger partial charge is 0.247 e. The molecule has 3 aliphatic heterocycles. The van der Waals surface area contributed by atoms with Crippen molar-refractivity contribution >= 4 is 27.3 Å². The standard InChI is InChI=1S/C25H34N4O5S2/c1-17(2)18-3-4-22-21(13-18)34-11-7-25(5-9-28(10-6-25)16-23-26-8-12-35-23)27-24(31)20-14-19(30)15-29(20)36(22,32)33/h3-4,8,12-13,17,19-20,30H,5-7,9-11,14-16H2,1-2H3,(H,27,31)/t19-,20+/m1/s1. The Labute approximate surface area is 216 Å². The summed E-state index contributed by atoms with van der Waals surface area (Å²) in [5.41, 5.74) is 0.482. The van der Waals surface area contributed by atoms with Gasteiger partial charge in [0, 0.05) is 49.6 Å². The summed E-state index contributed by atoms with van der Waals surface area (Å²) in [7, 11) is -4.05. The number of amides is 1. The largest absolute Gasteiger partial charge is 0.492 e. The predicted octanol–water partition coefficient (Wildman–Crippen LogP) is 2.32. The quantitative estimate of drug-likeness (QED) is 0.622. The third kappa shape index (κ3) is 5.04. The van der Waals surface area contributed by atoms with Gasteiger partial charge in [-0.1, -0.05) is 19.9 Å². The number of rotatable bonds is 3. The van der Waals surface area contributed by atoms with Crippen molar-refractivity contribution in [2.75, 3.05) is 26.2 Å². The second kappa shape index (κ2) is 10.0. The van der Waals surface area contributed by atoms with Gasteiger partial charge in [-0.3, -0.25) is 9.69 Å². The SMILES string of the molecule is CC(C)c1ccc2c(c1)OCCC1(CCN(Cc3nccs3)CC1)NC(=O)[C@@H]1C[C@@H](O)CN1S2(=O)=O. The van der Waals surface area contributed by atoms with E-state index in [9.17, 15) is 18.3 Å². The Kier molecular flexibility index (Phi) is 7.12. The van der Waals surface area contributed by atoms with Gasteiger partial charge in [0.2, 0.25) is 15.9 Å². The van der Waals surface area contributed by atoms with Gasteiger partial charge in [0.25, 0.3) is 0 Å². The van der Waals surface area contributed by atoms with Crippen LogP contribution in [0.15, 0.2) is 34.7 Å². The van der Waals surface area contributed by atoms with Crippen LogP contribution in [-0.2, 0) is 21.4 Å². The Balaban J connectivity index is 1.45. The van der Waals surface area contributed by atoms with Crippen LogP contribution in [0.3, 0.4) is 0 Å². The Hall–Kier alpha value is -2.05. The third-order valence-corrected chi connectivity index (χ3v) is 10.3. The highest BCUT2D eigenvalue weighted by Crippen LogP contribution is 2.36. The number of hydrogen-bond donors (Lipinski definition) is 2. The zero-order chi connectivity index (χ0) is 25.5. The number of piperidine rings is 1. The Bertz CT molecular complexity index is 1190. The lowest BCUT2D eigenvalue weighted by molar-refractivity contribution is -0.127. The van der Waals surface area contributed by atoms with Crippen LogP contribution in [0.2, 0.25) is 0 Å². The summed E-state index contributed by atoms with van der Waals surface area (Å²) in [6.45, 7) is 6.65. The van der Waals surface area contributed by atoms with Gasteiger partial charge in [0.15, 0.2) is 0 Å². The molecule has 3 aliphatic rings. The van der Waals surface area contributed by atoms with E-state index < -0.39 is 27.7 Å². The number of ether oxygens (including phenoxy) is 1. The summed E-state index contributed by atoms with van der Waals surface area (Å²) in [5.74, 6) is 0.177. The van der Waals surface area contributed by atoms with E-state index in [1.807, 2.05) is 25.4 Å². The number of sulfonamides is 1. The number of fused-ring (bicyclic) bond motifs is 2. The Morgan fingerprint density at radius 1 is 1.28 bits per heavy atom. The van der Waals surface area contributed by atoms with E-state index in [1.54, 1.807) is 29.5 Å². The molecule has 0 unspecified atom stereocenters. The summed E-state index contributed by atoms with van der Waals surface area (Å²) in [6, 6.07) is 4.22. The minimum atomic E-state index is -4.05. The van der Waals surface area contributed by atoms with Gasteiger partial charge >= 0.3 is 0 Å². The van der Waals surface area contributed by atoms with Gasteiger partial charge in [-0.05, 0) is 36.5 Å². The number of aromatic nitrogens is 1. The summed E-state index contributed by atoms with van der Waals surface area (Å²) >= 11 is 1.64. The van der Waals surface area contributed by atoms with E-state index >= 15 is 0 Å². The number of hydrogen-bond acceptors (Lipinski definition) is 8. The molecule has 2 atom stereocenters. The minimum Gasteiger partial charge on any atom is -0.492 e. The highest BCUT2D eigenvalue weighted by atomic mass is 32.2. The number of thiazole rings is 1. The first-order valence-electron chi connectivity index (χ1n) is 12.6. The Morgan fingerprint density at radius 3 is 2.75 bits per heavy atom. The van der Waals surface area contributed by atoms with Crippen molar-refractivity contribution in [3.8, 4) is 5.75 Å². The minimum absolute atomic E-state index is 0.0491. The number of likely N-dealkylation sites (tertiary alicyclic amines) is 1. The van der Waals surface area contributed by atoms with Gasteiger partial charge < -0.3 is 15.2 Å². The monoisotopic (exact) mass is 534 g/mol. The molecule has 2 fully saturated rings. The number of aliphatic hydroxyl groups excluding tert-OH is 1. The fraction of sp³-hybridized carbons (Fsp3) is 0.600. The van der Waals surface area contributed by atoms with Gasteiger partial charge in [-0.15, -0.1) is 11.3 Å². The average molecular weight is 535 g/mol. The molecular weight excluding hydrogens is 500 g/mol. The molecule has 5 rings (SSSR count). The third-order valence-electron chi connectivity index (χ3n) is 7.64. The lowest BCUT2D eigenvalue weighted by Gasteiger charge is -2.43. The molecule has 1 amide bonds. The Morgan fingerprint density at radius 2 is 2.06 bits per heavy atom. The number of benzene rings is 1. The van der Waals surface area contributed by atoms with Crippen LogP contribution in [-0.4, -0.2) is 77.5 Å². The first kappa shape index (κ1) is 25.6. The molecule has 11 heteroatoms. The molecule has 36 heavy (non-hydrogen) atoms. The molecule has 1 aromatic carbocycles. The van der Waals surface area contributed by atoms with Crippen LogP contribution < -0.4 is 10.1 Å². The zero-order valence-electron chi connectivity index (χ0n) is 20.7. The normalized spacial score (nSPS) is 26.6. The van der Waals surface area contributed by atoms with Crippen molar-refractivity contribution in [2.24, 2.45) is 0 Å².